The number of nitrogens with one attached hydrogen (secondary N) is 1. The summed E-state index contributed by atoms with van der Waals surface area (Å²) in [5, 5.41) is 14.8. The van der Waals surface area contributed by atoms with Crippen molar-refractivity contribution in [3.63, 3.8) is 0 Å². The van der Waals surface area contributed by atoms with Gasteiger partial charge in [0.2, 0.25) is 0 Å². The Morgan fingerprint density at radius 1 is 1.03 bits per heavy atom. The number of aromatic nitrogens is 3. The van der Waals surface area contributed by atoms with E-state index >= 15 is 0 Å². The van der Waals surface area contributed by atoms with Crippen LogP contribution in [0.4, 0.5) is 0 Å². The average molecular weight is 452 g/mol. The highest BCUT2D eigenvalue weighted by Crippen LogP contribution is 2.32. The molecule has 2 aromatic heterocycles. The Morgan fingerprint density at radius 3 is 2.73 bits per heavy atom. The molecule has 0 aliphatic heterocycles. The molecule has 2 heterocycles. The number of amides is 1. The van der Waals surface area contributed by atoms with Crippen LogP contribution in [0.2, 0.25) is 0 Å². The van der Waals surface area contributed by atoms with E-state index in [9.17, 15) is 4.79 Å². The molecule has 0 bridgehead atoms. The maximum absolute atomic E-state index is 11.9. The van der Waals surface area contributed by atoms with Crippen LogP contribution >= 0.6 is 34.9 Å². The van der Waals surface area contributed by atoms with Crippen LogP contribution in [0.5, 0.6) is 0 Å². The first-order chi connectivity index (χ1) is 14.8. The molecule has 0 spiro atoms. The summed E-state index contributed by atoms with van der Waals surface area (Å²) in [6, 6.07) is 18.4. The van der Waals surface area contributed by atoms with Gasteiger partial charge in [0.05, 0.1) is 12.0 Å². The van der Waals surface area contributed by atoms with E-state index in [0.29, 0.717) is 0 Å². The number of rotatable bonds is 8. The van der Waals surface area contributed by atoms with Crippen molar-refractivity contribution in [1.29, 1.82) is 0 Å². The lowest BCUT2D eigenvalue weighted by Crippen LogP contribution is -2.19. The zero-order valence-electron chi connectivity index (χ0n) is 15.8. The lowest BCUT2D eigenvalue weighted by molar-refractivity contribution is -0.118. The highest BCUT2D eigenvalue weighted by molar-refractivity contribution is 8.03. The molecule has 6 nitrogen and oxygen atoms in total. The van der Waals surface area contributed by atoms with Crippen molar-refractivity contribution < 1.29 is 4.79 Å². The molecule has 0 fully saturated rings. The number of carbonyl (C=O) groups is 1. The van der Waals surface area contributed by atoms with Gasteiger partial charge in [-0.05, 0) is 22.4 Å². The number of hydrogen-bond donors (Lipinski definition) is 1. The van der Waals surface area contributed by atoms with Crippen LogP contribution in [0.1, 0.15) is 11.1 Å². The highest BCUT2D eigenvalue weighted by Gasteiger charge is 2.09. The van der Waals surface area contributed by atoms with Gasteiger partial charge in [0.15, 0.2) is 8.68 Å². The molecule has 0 aliphatic carbocycles. The molecule has 0 saturated carbocycles. The van der Waals surface area contributed by atoms with Crippen LogP contribution < -0.4 is 5.43 Å². The second-order valence-electron chi connectivity index (χ2n) is 6.13. The first-order valence-corrected chi connectivity index (χ1v) is 11.8. The Balaban J connectivity index is 1.26. The third-order valence-electron chi connectivity index (χ3n) is 4.03. The molecule has 2 aromatic carbocycles. The fourth-order valence-electron chi connectivity index (χ4n) is 2.66. The van der Waals surface area contributed by atoms with Crippen molar-refractivity contribution in [2.75, 3.05) is 5.75 Å². The Morgan fingerprint density at radius 2 is 1.87 bits per heavy atom. The number of thioether (sulfide) groups is 2. The molecule has 9 heteroatoms. The maximum Gasteiger partial charge on any atom is 0.250 e. The second kappa shape index (κ2) is 10.3. The van der Waals surface area contributed by atoms with E-state index in [4.69, 9.17) is 0 Å². The minimum absolute atomic E-state index is 0.194. The van der Waals surface area contributed by atoms with Gasteiger partial charge in [-0.2, -0.15) is 5.10 Å². The molecule has 0 unspecified atom stereocenters. The number of carbonyl (C=O) groups excluding carboxylic acids is 1. The van der Waals surface area contributed by atoms with E-state index in [1.165, 1.54) is 39.4 Å². The van der Waals surface area contributed by atoms with Gasteiger partial charge in [0, 0.05) is 23.7 Å². The Bertz CT molecular complexity index is 1160. The number of fused-ring (bicyclic) bond motifs is 1. The molecule has 0 aliphatic rings. The van der Waals surface area contributed by atoms with E-state index in [-0.39, 0.29) is 11.7 Å². The summed E-state index contributed by atoms with van der Waals surface area (Å²) >= 11 is 4.51. The lowest BCUT2D eigenvalue weighted by atomic mass is 10.1. The SMILES string of the molecule is O=C(CSc1nnc(SCc2cccc3ccccc23)s1)NN=Cc1cccnc1. The van der Waals surface area contributed by atoms with Crippen molar-refractivity contribution in [2.45, 2.75) is 14.4 Å². The molecular weight excluding hydrogens is 434 g/mol. The maximum atomic E-state index is 11.9. The molecule has 0 saturated heterocycles. The number of benzene rings is 2. The Hall–Kier alpha value is -2.75. The van der Waals surface area contributed by atoms with Crippen LogP contribution in [-0.4, -0.2) is 33.1 Å². The monoisotopic (exact) mass is 451 g/mol. The smallest absolute Gasteiger partial charge is 0.250 e. The third-order valence-corrected chi connectivity index (χ3v) is 7.27. The average Bonchev–Trinajstić information content (AvgIpc) is 3.25. The summed E-state index contributed by atoms with van der Waals surface area (Å²) < 4.78 is 1.65. The predicted octanol–water partition coefficient (Wildman–Crippen LogP) is 4.62. The quantitative estimate of drug-likeness (QED) is 0.239. The molecule has 30 heavy (non-hydrogen) atoms. The number of nitrogens with zero attached hydrogens (tertiary/aromatic N) is 4. The number of pyridine rings is 1. The fraction of sp³-hybridized carbons (Fsp3) is 0.0952. The van der Waals surface area contributed by atoms with E-state index in [2.05, 4.69) is 62.1 Å². The molecular formula is C21H17N5OS3. The topological polar surface area (TPSA) is 80.1 Å². The summed E-state index contributed by atoms with van der Waals surface area (Å²) in [5.74, 6) is 0.859. The molecule has 1 N–H and O–H groups in total. The van der Waals surface area contributed by atoms with Gasteiger partial charge < -0.3 is 0 Å². The summed E-state index contributed by atoms with van der Waals surface area (Å²) in [6.07, 6.45) is 4.91. The Kier molecular flexibility index (Phi) is 7.07. The first kappa shape index (κ1) is 20.5. The van der Waals surface area contributed by atoms with Crippen LogP contribution in [-0.2, 0) is 10.5 Å². The fourth-order valence-corrected chi connectivity index (χ4v) is 5.48. The van der Waals surface area contributed by atoms with Crippen LogP contribution in [0.25, 0.3) is 10.8 Å². The largest absolute Gasteiger partial charge is 0.272 e. The van der Waals surface area contributed by atoms with Gasteiger partial charge in [-0.3, -0.25) is 9.78 Å². The van der Waals surface area contributed by atoms with Gasteiger partial charge in [0.1, 0.15) is 0 Å². The minimum atomic E-state index is -0.194. The van der Waals surface area contributed by atoms with E-state index in [1.807, 2.05) is 18.2 Å². The van der Waals surface area contributed by atoms with Crippen molar-refractivity contribution in [1.82, 2.24) is 20.6 Å². The third kappa shape index (κ3) is 5.65. The van der Waals surface area contributed by atoms with Crippen LogP contribution in [0.15, 0.2) is 80.8 Å². The van der Waals surface area contributed by atoms with Crippen molar-refractivity contribution >= 4 is 57.8 Å². The summed E-state index contributed by atoms with van der Waals surface area (Å²) in [7, 11) is 0. The summed E-state index contributed by atoms with van der Waals surface area (Å²) in [5.41, 5.74) is 4.60. The zero-order valence-corrected chi connectivity index (χ0v) is 18.2. The zero-order chi connectivity index (χ0) is 20.6. The van der Waals surface area contributed by atoms with Gasteiger partial charge in [-0.15, -0.1) is 10.2 Å². The van der Waals surface area contributed by atoms with Crippen LogP contribution in [0.3, 0.4) is 0 Å². The normalized spacial score (nSPS) is 11.2. The van der Waals surface area contributed by atoms with Crippen LogP contribution in [0, 0.1) is 0 Å². The second-order valence-corrected chi connectivity index (χ2v) is 9.55. The predicted molar refractivity (Wildman–Crippen MR) is 124 cm³/mol. The van der Waals surface area contributed by atoms with Crippen molar-refractivity contribution in [2.24, 2.45) is 5.10 Å². The summed E-state index contributed by atoms with van der Waals surface area (Å²) in [6.45, 7) is 0. The molecule has 4 rings (SSSR count). The molecule has 150 valence electrons. The van der Waals surface area contributed by atoms with E-state index in [1.54, 1.807) is 30.4 Å². The molecule has 4 aromatic rings. The number of hydrogen-bond acceptors (Lipinski definition) is 8. The first-order valence-electron chi connectivity index (χ1n) is 9.05. The standard InChI is InChI=1S/C21H17N5OS3/c27-19(24-23-12-15-5-4-10-22-11-15)14-29-21-26-25-20(30-21)28-13-17-8-3-7-16-6-1-2-9-18(16)17/h1-12H,13-14H2,(H,24,27). The minimum Gasteiger partial charge on any atom is -0.272 e. The number of hydrazone groups is 1. The Labute approximate surface area is 186 Å². The van der Waals surface area contributed by atoms with Crippen molar-refractivity contribution in [3.8, 4) is 0 Å². The lowest BCUT2D eigenvalue weighted by Gasteiger charge is -2.04. The van der Waals surface area contributed by atoms with Gasteiger partial charge in [-0.25, -0.2) is 5.43 Å². The molecule has 0 atom stereocenters. The van der Waals surface area contributed by atoms with Crippen molar-refractivity contribution in [3.05, 3.63) is 78.1 Å². The van der Waals surface area contributed by atoms with E-state index in [0.717, 1.165) is 20.0 Å². The van der Waals surface area contributed by atoms with Gasteiger partial charge >= 0.3 is 0 Å². The van der Waals surface area contributed by atoms with Gasteiger partial charge in [-0.1, -0.05) is 83.4 Å². The molecule has 1 amide bonds. The molecule has 0 radical (unpaired) electrons. The van der Waals surface area contributed by atoms with E-state index < -0.39 is 0 Å². The summed E-state index contributed by atoms with van der Waals surface area (Å²) in [4.78, 5) is 15.9. The van der Waals surface area contributed by atoms with Gasteiger partial charge in [0.25, 0.3) is 5.91 Å². The highest BCUT2D eigenvalue weighted by atomic mass is 32.2.